The molecule has 0 saturated heterocycles. The minimum absolute atomic E-state index is 0.126. The van der Waals surface area contributed by atoms with Crippen LogP contribution in [0.15, 0.2) is 0 Å². The number of hydrogen-bond donors (Lipinski definition) is 4. The van der Waals surface area contributed by atoms with E-state index < -0.39 is 24.5 Å². The third kappa shape index (κ3) is 5.85. The van der Waals surface area contributed by atoms with Crippen molar-refractivity contribution in [3.63, 3.8) is 0 Å². The average molecular weight is 260 g/mol. The van der Waals surface area contributed by atoms with Crippen molar-refractivity contribution < 1.29 is 24.6 Å². The Balaban J connectivity index is 4.36. The fraction of sp³-hybridized carbons (Fsp3) is 0.727. The summed E-state index contributed by atoms with van der Waals surface area (Å²) in [5.74, 6) is -2.03. The van der Waals surface area contributed by atoms with Crippen molar-refractivity contribution in [2.24, 2.45) is 5.92 Å². The SMILES string of the molecule is CNC(CO)C(=O)CC(CO)C(=O)NCC(C)=O. The first-order valence-corrected chi connectivity index (χ1v) is 5.65. The van der Waals surface area contributed by atoms with E-state index in [9.17, 15) is 14.4 Å². The lowest BCUT2D eigenvalue weighted by atomic mass is 9.98. The second-order valence-electron chi connectivity index (χ2n) is 3.99. The van der Waals surface area contributed by atoms with E-state index in [1.54, 1.807) is 0 Å². The fourth-order valence-electron chi connectivity index (χ4n) is 1.34. The van der Waals surface area contributed by atoms with Gasteiger partial charge in [0.25, 0.3) is 0 Å². The smallest absolute Gasteiger partial charge is 0.226 e. The number of aliphatic hydroxyl groups excluding tert-OH is 2. The fourth-order valence-corrected chi connectivity index (χ4v) is 1.34. The Hall–Kier alpha value is -1.31. The first kappa shape index (κ1) is 16.7. The number of carbonyl (C=O) groups is 3. The maximum atomic E-state index is 11.6. The van der Waals surface area contributed by atoms with Crippen molar-refractivity contribution in [2.45, 2.75) is 19.4 Å². The highest BCUT2D eigenvalue weighted by molar-refractivity contribution is 5.91. The Morgan fingerprint density at radius 3 is 2.17 bits per heavy atom. The maximum Gasteiger partial charge on any atom is 0.226 e. The van der Waals surface area contributed by atoms with Crippen molar-refractivity contribution in [3.05, 3.63) is 0 Å². The molecule has 2 atom stereocenters. The highest BCUT2D eigenvalue weighted by atomic mass is 16.3. The van der Waals surface area contributed by atoms with E-state index in [-0.39, 0.29) is 31.1 Å². The van der Waals surface area contributed by atoms with Gasteiger partial charge in [-0.2, -0.15) is 0 Å². The summed E-state index contributed by atoms with van der Waals surface area (Å²) >= 11 is 0. The summed E-state index contributed by atoms with van der Waals surface area (Å²) in [6.45, 7) is 0.334. The minimum Gasteiger partial charge on any atom is -0.396 e. The monoisotopic (exact) mass is 260 g/mol. The van der Waals surface area contributed by atoms with Crippen LogP contribution in [0.3, 0.4) is 0 Å². The molecular formula is C11H20N2O5. The molecule has 7 heteroatoms. The summed E-state index contributed by atoms with van der Waals surface area (Å²) in [6, 6.07) is -0.750. The van der Waals surface area contributed by atoms with Gasteiger partial charge in [-0.05, 0) is 14.0 Å². The molecule has 0 spiro atoms. The van der Waals surface area contributed by atoms with Gasteiger partial charge in [0.2, 0.25) is 5.91 Å². The number of ketones is 2. The molecular weight excluding hydrogens is 240 g/mol. The van der Waals surface area contributed by atoms with Crippen LogP contribution in [0.1, 0.15) is 13.3 Å². The van der Waals surface area contributed by atoms with Gasteiger partial charge in [-0.3, -0.25) is 14.4 Å². The zero-order valence-corrected chi connectivity index (χ0v) is 10.6. The molecule has 0 bridgehead atoms. The molecule has 1 amide bonds. The van der Waals surface area contributed by atoms with Gasteiger partial charge in [-0.25, -0.2) is 0 Å². The topological polar surface area (TPSA) is 116 Å². The van der Waals surface area contributed by atoms with Crippen LogP contribution in [0.4, 0.5) is 0 Å². The summed E-state index contributed by atoms with van der Waals surface area (Å²) in [6.07, 6.45) is -0.188. The molecule has 7 nitrogen and oxygen atoms in total. The predicted molar refractivity (Wildman–Crippen MR) is 63.8 cm³/mol. The number of hydrogen-bond acceptors (Lipinski definition) is 6. The summed E-state index contributed by atoms with van der Waals surface area (Å²) in [5, 5.41) is 22.9. The maximum absolute atomic E-state index is 11.6. The van der Waals surface area contributed by atoms with Crippen LogP contribution in [0.5, 0.6) is 0 Å². The molecule has 18 heavy (non-hydrogen) atoms. The molecule has 0 rings (SSSR count). The Morgan fingerprint density at radius 2 is 1.78 bits per heavy atom. The third-order valence-electron chi connectivity index (χ3n) is 2.47. The van der Waals surface area contributed by atoms with Crippen LogP contribution >= 0.6 is 0 Å². The lowest BCUT2D eigenvalue weighted by molar-refractivity contribution is -0.132. The van der Waals surface area contributed by atoms with E-state index in [0.717, 1.165) is 0 Å². The van der Waals surface area contributed by atoms with E-state index in [2.05, 4.69) is 10.6 Å². The summed E-state index contributed by atoms with van der Waals surface area (Å²) in [4.78, 5) is 33.9. The highest BCUT2D eigenvalue weighted by Gasteiger charge is 2.24. The summed E-state index contributed by atoms with van der Waals surface area (Å²) in [5.41, 5.74) is 0. The minimum atomic E-state index is -0.903. The Kier molecular flexibility index (Phi) is 8.10. The van der Waals surface area contributed by atoms with Crippen LogP contribution < -0.4 is 10.6 Å². The van der Waals surface area contributed by atoms with Gasteiger partial charge in [0.15, 0.2) is 5.78 Å². The largest absolute Gasteiger partial charge is 0.396 e. The van der Waals surface area contributed by atoms with Crippen LogP contribution in [0, 0.1) is 5.92 Å². The third-order valence-corrected chi connectivity index (χ3v) is 2.47. The molecule has 0 aliphatic carbocycles. The van der Waals surface area contributed by atoms with Crippen molar-refractivity contribution in [1.82, 2.24) is 10.6 Å². The quantitative estimate of drug-likeness (QED) is 0.375. The number of aliphatic hydroxyl groups is 2. The number of rotatable bonds is 9. The van der Waals surface area contributed by atoms with Gasteiger partial charge in [-0.15, -0.1) is 0 Å². The number of carbonyl (C=O) groups excluding carboxylic acids is 3. The molecule has 0 aromatic rings. The Bertz CT molecular complexity index is 302. The van der Waals surface area contributed by atoms with Crippen molar-refractivity contribution in [2.75, 3.05) is 26.8 Å². The van der Waals surface area contributed by atoms with E-state index >= 15 is 0 Å². The second-order valence-corrected chi connectivity index (χ2v) is 3.99. The van der Waals surface area contributed by atoms with E-state index in [1.165, 1.54) is 14.0 Å². The highest BCUT2D eigenvalue weighted by Crippen LogP contribution is 2.05. The molecule has 4 N–H and O–H groups in total. The normalized spacial score (nSPS) is 13.8. The summed E-state index contributed by atoms with van der Waals surface area (Å²) < 4.78 is 0. The molecule has 104 valence electrons. The molecule has 0 heterocycles. The molecule has 0 aliphatic heterocycles. The standard InChI is InChI=1S/C11H20N2O5/c1-7(16)4-13-11(18)8(5-14)3-10(17)9(6-15)12-2/h8-9,12,14-15H,3-6H2,1-2H3,(H,13,18). The van der Waals surface area contributed by atoms with Gasteiger partial charge in [-0.1, -0.05) is 0 Å². The summed E-state index contributed by atoms with van der Waals surface area (Å²) in [7, 11) is 1.52. The lowest BCUT2D eigenvalue weighted by Crippen LogP contribution is -2.42. The first-order valence-electron chi connectivity index (χ1n) is 5.65. The van der Waals surface area contributed by atoms with Crippen molar-refractivity contribution >= 4 is 17.5 Å². The predicted octanol–water partition coefficient (Wildman–Crippen LogP) is -2.16. The number of nitrogens with one attached hydrogen (secondary N) is 2. The van der Waals surface area contributed by atoms with E-state index in [4.69, 9.17) is 10.2 Å². The number of amides is 1. The molecule has 0 aromatic carbocycles. The van der Waals surface area contributed by atoms with Crippen LogP contribution in [0.25, 0.3) is 0 Å². The van der Waals surface area contributed by atoms with Crippen LogP contribution in [-0.4, -0.2) is 60.5 Å². The van der Waals surface area contributed by atoms with Gasteiger partial charge >= 0.3 is 0 Å². The first-order chi connectivity index (χ1) is 8.46. The Morgan fingerprint density at radius 1 is 1.17 bits per heavy atom. The van der Waals surface area contributed by atoms with E-state index in [0.29, 0.717) is 0 Å². The molecule has 0 aromatic heterocycles. The molecule has 0 saturated carbocycles. The van der Waals surface area contributed by atoms with Gasteiger partial charge < -0.3 is 20.8 Å². The zero-order valence-electron chi connectivity index (χ0n) is 10.6. The van der Waals surface area contributed by atoms with Crippen LogP contribution in [-0.2, 0) is 14.4 Å². The number of likely N-dealkylation sites (N-methyl/N-ethyl adjacent to an activating group) is 1. The lowest BCUT2D eigenvalue weighted by Gasteiger charge is -2.16. The number of Topliss-reactive ketones (excluding diaryl/α,β-unsaturated/α-hetero) is 2. The molecule has 0 aliphatic rings. The molecule has 2 unspecified atom stereocenters. The molecule has 0 radical (unpaired) electrons. The van der Waals surface area contributed by atoms with Crippen LogP contribution in [0.2, 0.25) is 0 Å². The van der Waals surface area contributed by atoms with Gasteiger partial charge in [0.1, 0.15) is 5.78 Å². The average Bonchev–Trinajstić information content (AvgIpc) is 2.34. The molecule has 0 fully saturated rings. The second kappa shape index (κ2) is 8.73. The van der Waals surface area contributed by atoms with Gasteiger partial charge in [0, 0.05) is 6.42 Å². The van der Waals surface area contributed by atoms with Crippen molar-refractivity contribution in [3.8, 4) is 0 Å². The van der Waals surface area contributed by atoms with Crippen molar-refractivity contribution in [1.29, 1.82) is 0 Å². The van der Waals surface area contributed by atoms with E-state index in [1.807, 2.05) is 0 Å². The Labute approximate surface area is 106 Å². The van der Waals surface area contributed by atoms with Gasteiger partial charge in [0.05, 0.1) is 31.7 Å². The zero-order chi connectivity index (χ0) is 14.1.